The second-order valence-corrected chi connectivity index (χ2v) is 7.27. The number of methoxy groups -OCH3 is 2. The molecular weight excluding hydrogens is 511 g/mol. The average Bonchev–Trinajstić information content (AvgIpc) is 2.63. The van der Waals surface area contributed by atoms with Gasteiger partial charge in [-0.15, -0.1) is 0 Å². The molecular formula is C20H20N2O3Pt. The molecule has 0 saturated heterocycles. The van der Waals surface area contributed by atoms with Crippen LogP contribution in [0.5, 0.6) is 23.0 Å². The van der Waals surface area contributed by atoms with E-state index in [2.05, 4.69) is 22.2 Å². The van der Waals surface area contributed by atoms with Crippen molar-refractivity contribution in [1.82, 2.24) is 0 Å². The van der Waals surface area contributed by atoms with Crippen molar-refractivity contribution in [2.75, 3.05) is 14.2 Å². The zero-order valence-electron chi connectivity index (χ0n) is 15.2. The third-order valence-corrected chi connectivity index (χ3v) is 5.23. The van der Waals surface area contributed by atoms with Gasteiger partial charge in [-0.05, 0) is 0 Å². The fraction of sp³-hybridized carbons (Fsp3) is 0.350. The van der Waals surface area contributed by atoms with Crippen molar-refractivity contribution >= 4 is 0 Å². The van der Waals surface area contributed by atoms with Crippen LogP contribution in [0.1, 0.15) is 36.1 Å². The van der Waals surface area contributed by atoms with Gasteiger partial charge in [0, 0.05) is 0 Å². The Kier molecular flexibility index (Phi) is 5.16. The van der Waals surface area contributed by atoms with Crippen molar-refractivity contribution in [3.63, 3.8) is 0 Å². The molecule has 2 aromatic rings. The first kappa shape index (κ1) is 18.6. The predicted molar refractivity (Wildman–Crippen MR) is 94.6 cm³/mol. The molecule has 0 radical (unpaired) electrons. The molecule has 138 valence electrons. The minimum atomic E-state index is -0.279. The molecule has 0 amide bonds. The van der Waals surface area contributed by atoms with E-state index in [1.807, 2.05) is 43.9 Å². The number of hydrogen-bond acceptors (Lipinski definition) is 4. The Morgan fingerprint density at radius 1 is 1.04 bits per heavy atom. The third kappa shape index (κ3) is 2.83. The van der Waals surface area contributed by atoms with Gasteiger partial charge in [-0.3, -0.25) is 0 Å². The maximum absolute atomic E-state index is 7.32. The van der Waals surface area contributed by atoms with E-state index in [-0.39, 0.29) is 12.0 Å². The van der Waals surface area contributed by atoms with E-state index in [9.17, 15) is 0 Å². The number of nitrogens with zero attached hydrogens (tertiary/aromatic N) is 2. The molecule has 0 unspecified atom stereocenters. The standard InChI is InChI=1S/C20H20N2O3.Pt/c1-20(2)14-6-8-16(23-4)12(10-21)18(14)25-19-13(11-22-3)17(24-5)9-7-15(19)20;/h6-9H,10-11H2,1-2,4-5H3;. The number of hydrogen-bond donors (Lipinski definition) is 0. The van der Waals surface area contributed by atoms with Gasteiger partial charge in [0.05, 0.1) is 0 Å². The summed E-state index contributed by atoms with van der Waals surface area (Å²) in [6, 6.07) is 7.96. The summed E-state index contributed by atoms with van der Waals surface area (Å²) in [4.78, 5) is 3.56. The normalized spacial score (nSPS) is 13.7. The summed E-state index contributed by atoms with van der Waals surface area (Å²) in [7, 11) is 3.26. The fourth-order valence-electron chi connectivity index (χ4n) is 3.50. The first-order valence-corrected chi connectivity index (χ1v) is 9.18. The monoisotopic (exact) mass is 531 g/mol. The molecule has 0 N–H and O–H groups in total. The van der Waals surface area contributed by atoms with Gasteiger partial charge in [0.15, 0.2) is 0 Å². The summed E-state index contributed by atoms with van der Waals surface area (Å²) in [5.74, 6) is 2.89. The van der Waals surface area contributed by atoms with Gasteiger partial charge in [0.1, 0.15) is 0 Å². The molecule has 0 spiro atoms. The Labute approximate surface area is 164 Å². The van der Waals surface area contributed by atoms with E-state index in [0.717, 1.165) is 33.8 Å². The van der Waals surface area contributed by atoms with Crippen LogP contribution in [0.4, 0.5) is 0 Å². The van der Waals surface area contributed by atoms with E-state index in [0.29, 0.717) is 18.0 Å². The van der Waals surface area contributed by atoms with Crippen LogP contribution in [0.25, 0.3) is 4.85 Å². The molecule has 1 heterocycles. The Morgan fingerprint density at radius 2 is 1.58 bits per heavy atom. The zero-order chi connectivity index (χ0) is 18.9. The number of fused-ring (bicyclic) bond motifs is 2. The predicted octanol–water partition coefficient (Wildman–Crippen LogP) is 4.79. The van der Waals surface area contributed by atoms with E-state index in [4.69, 9.17) is 20.8 Å². The van der Waals surface area contributed by atoms with Gasteiger partial charge < -0.3 is 0 Å². The summed E-state index contributed by atoms with van der Waals surface area (Å²) < 4.78 is 21.7. The molecule has 6 heteroatoms. The molecule has 0 atom stereocenters. The summed E-state index contributed by atoms with van der Waals surface area (Å²) in [6.45, 7) is 12.3. The number of rotatable bonds is 5. The van der Waals surface area contributed by atoms with E-state index in [1.165, 1.54) is 0 Å². The van der Waals surface area contributed by atoms with Crippen molar-refractivity contribution in [1.29, 1.82) is 0 Å². The Hall–Kier alpha value is -2.18. The van der Waals surface area contributed by atoms with Crippen LogP contribution in [0.15, 0.2) is 27.8 Å². The summed E-state index contributed by atoms with van der Waals surface area (Å²) in [5, 5.41) is 0. The number of benzene rings is 2. The molecule has 2 aromatic carbocycles. The first-order chi connectivity index (χ1) is 12.5. The summed E-state index contributed by atoms with van der Waals surface area (Å²) in [5.41, 5.74) is 3.54. The Bertz CT molecular complexity index is 916. The van der Waals surface area contributed by atoms with Crippen LogP contribution in [0, 0.1) is 6.57 Å². The molecule has 5 nitrogen and oxygen atoms in total. The van der Waals surface area contributed by atoms with Gasteiger partial charge in [0.2, 0.25) is 0 Å². The second kappa shape index (κ2) is 7.21. The molecule has 0 fully saturated rings. The molecule has 0 aromatic heterocycles. The number of ether oxygens (including phenoxy) is 3. The first-order valence-electron chi connectivity index (χ1n) is 8.16. The zero-order valence-corrected chi connectivity index (χ0v) is 17.4. The molecule has 0 bridgehead atoms. The van der Waals surface area contributed by atoms with Crippen molar-refractivity contribution < 1.29 is 33.8 Å². The van der Waals surface area contributed by atoms with Gasteiger partial charge in [-0.1, -0.05) is 0 Å². The van der Waals surface area contributed by atoms with Crippen LogP contribution in [0.2, 0.25) is 0 Å². The van der Waals surface area contributed by atoms with Crippen LogP contribution < -0.4 is 14.2 Å². The SMILES string of the molecule is [C-]#[N+]Cc1c(OC)ccc2c1Oc1c(ccc(OC)c1C[N]=[Pt])C2(C)C. The van der Waals surface area contributed by atoms with Crippen molar-refractivity contribution in [2.24, 2.45) is 3.50 Å². The molecule has 1 aliphatic rings. The summed E-state index contributed by atoms with van der Waals surface area (Å²) in [6.07, 6.45) is 0. The van der Waals surface area contributed by atoms with Crippen molar-refractivity contribution in [3.05, 3.63) is 57.9 Å². The maximum atomic E-state index is 7.32. The topological polar surface area (TPSA) is 44.4 Å². The third-order valence-electron chi connectivity index (χ3n) is 4.87. The molecule has 0 aliphatic carbocycles. The van der Waals surface area contributed by atoms with Gasteiger partial charge in [-0.25, -0.2) is 0 Å². The molecule has 0 saturated carbocycles. The van der Waals surface area contributed by atoms with Crippen LogP contribution in [-0.2, 0) is 38.1 Å². The van der Waals surface area contributed by atoms with Crippen LogP contribution >= 0.6 is 0 Å². The van der Waals surface area contributed by atoms with Gasteiger partial charge in [0.25, 0.3) is 0 Å². The fourth-order valence-corrected chi connectivity index (χ4v) is 3.85. The van der Waals surface area contributed by atoms with E-state index >= 15 is 0 Å². The summed E-state index contributed by atoms with van der Waals surface area (Å²) >= 11 is 1.98. The van der Waals surface area contributed by atoms with E-state index in [1.54, 1.807) is 14.2 Å². The van der Waals surface area contributed by atoms with Crippen LogP contribution in [-0.4, -0.2) is 14.2 Å². The molecule has 3 rings (SSSR count). The molecule has 1 aliphatic heterocycles. The minimum absolute atomic E-state index is 0.202. The van der Waals surface area contributed by atoms with Crippen molar-refractivity contribution in [2.45, 2.75) is 32.4 Å². The molecule has 26 heavy (non-hydrogen) atoms. The van der Waals surface area contributed by atoms with Crippen molar-refractivity contribution in [3.8, 4) is 23.0 Å². The average molecular weight is 531 g/mol. The Balaban J connectivity index is 2.31. The Morgan fingerprint density at radius 3 is 2.08 bits per heavy atom. The quantitative estimate of drug-likeness (QED) is 0.522. The second-order valence-electron chi connectivity index (χ2n) is 6.55. The van der Waals surface area contributed by atoms with E-state index < -0.39 is 0 Å². The van der Waals surface area contributed by atoms with Gasteiger partial charge >= 0.3 is 165 Å². The van der Waals surface area contributed by atoms with Crippen LogP contribution in [0.3, 0.4) is 0 Å². The van der Waals surface area contributed by atoms with Gasteiger partial charge in [-0.2, -0.15) is 0 Å².